The van der Waals surface area contributed by atoms with E-state index in [2.05, 4.69) is 0 Å². The van der Waals surface area contributed by atoms with Crippen molar-refractivity contribution >= 4 is 28.4 Å². The van der Waals surface area contributed by atoms with Crippen LogP contribution in [-0.2, 0) is 0 Å². The molecule has 1 aromatic rings. The van der Waals surface area contributed by atoms with Crippen LogP contribution < -0.4 is 0 Å². The van der Waals surface area contributed by atoms with Crippen LogP contribution in [0.3, 0.4) is 0 Å². The zero-order valence-electron chi connectivity index (χ0n) is 9.72. The van der Waals surface area contributed by atoms with E-state index in [0.717, 1.165) is 6.07 Å². The van der Waals surface area contributed by atoms with Crippen molar-refractivity contribution in [1.82, 2.24) is 4.90 Å². The second kappa shape index (κ2) is 5.57. The number of ketones is 1. The third-order valence-electron chi connectivity index (χ3n) is 2.05. The molecule has 0 fully saturated rings. The molecule has 17 heavy (non-hydrogen) atoms. The molecule has 0 saturated heterocycles. The lowest BCUT2D eigenvalue weighted by atomic mass is 10.0. The van der Waals surface area contributed by atoms with Gasteiger partial charge < -0.3 is 4.90 Å². The van der Waals surface area contributed by atoms with Gasteiger partial charge in [0, 0.05) is 29.4 Å². The van der Waals surface area contributed by atoms with Crippen molar-refractivity contribution in [3.8, 4) is 0 Å². The maximum atomic E-state index is 13.5. The summed E-state index contributed by atoms with van der Waals surface area (Å²) >= 11 is 1.84. The molecule has 0 aromatic heterocycles. The highest BCUT2D eigenvalue weighted by Gasteiger charge is 2.18. The van der Waals surface area contributed by atoms with Crippen LogP contribution in [0.2, 0.25) is 0 Å². The third-order valence-corrected chi connectivity index (χ3v) is 2.67. The average molecular weight is 351 g/mol. The summed E-state index contributed by atoms with van der Waals surface area (Å²) in [5, 5.41) is 0. The number of allylic oxidation sites excluding steroid dienone is 1. The Morgan fingerprint density at radius 1 is 1.35 bits per heavy atom. The molecule has 5 heteroatoms. The maximum Gasteiger partial charge on any atom is 0.193 e. The number of hydrogen-bond donors (Lipinski definition) is 0. The van der Waals surface area contributed by atoms with Crippen LogP contribution in [0.1, 0.15) is 17.3 Å². The second-order valence-corrected chi connectivity index (χ2v) is 5.10. The summed E-state index contributed by atoms with van der Waals surface area (Å²) in [6.07, 6.45) is 1.57. The Balaban J connectivity index is 3.22. The molecule has 0 radical (unpaired) electrons. The van der Waals surface area contributed by atoms with Gasteiger partial charge in [-0.25, -0.2) is 8.78 Å². The van der Waals surface area contributed by atoms with Gasteiger partial charge in [-0.15, -0.1) is 0 Å². The fourth-order valence-electron chi connectivity index (χ4n) is 1.38. The first-order valence-electron chi connectivity index (χ1n) is 4.87. The van der Waals surface area contributed by atoms with E-state index in [1.807, 2.05) is 22.6 Å². The van der Waals surface area contributed by atoms with E-state index < -0.39 is 17.4 Å². The first-order valence-corrected chi connectivity index (χ1v) is 5.95. The van der Waals surface area contributed by atoms with E-state index in [1.165, 1.54) is 6.07 Å². The van der Waals surface area contributed by atoms with E-state index in [0.29, 0.717) is 9.14 Å². The molecule has 1 rings (SSSR count). The van der Waals surface area contributed by atoms with E-state index in [9.17, 15) is 13.6 Å². The molecular formula is C12H12F2INO. The van der Waals surface area contributed by atoms with Gasteiger partial charge in [-0.3, -0.25) is 4.79 Å². The molecule has 0 aliphatic rings. The summed E-state index contributed by atoms with van der Waals surface area (Å²) in [6, 6.07) is 2.39. The Labute approximate surface area is 112 Å². The highest BCUT2D eigenvalue weighted by atomic mass is 127. The van der Waals surface area contributed by atoms with E-state index in [4.69, 9.17) is 0 Å². The molecule has 1 aromatic carbocycles. The van der Waals surface area contributed by atoms with Crippen LogP contribution in [0.4, 0.5) is 8.78 Å². The number of carbonyl (C=O) groups is 1. The SMILES string of the molecule is CC(=CN(C)C)C(=O)c1cc(I)cc(F)c1F. The molecule has 0 atom stereocenters. The van der Waals surface area contributed by atoms with E-state index in [1.54, 1.807) is 32.1 Å². The van der Waals surface area contributed by atoms with Gasteiger partial charge in [0.25, 0.3) is 0 Å². The minimum absolute atomic E-state index is 0.231. The van der Waals surface area contributed by atoms with E-state index in [-0.39, 0.29) is 5.56 Å². The van der Waals surface area contributed by atoms with E-state index >= 15 is 0 Å². The minimum atomic E-state index is -1.10. The summed E-state index contributed by atoms with van der Waals surface area (Å²) in [4.78, 5) is 13.6. The third kappa shape index (κ3) is 3.49. The molecule has 0 amide bonds. The Morgan fingerprint density at radius 3 is 2.47 bits per heavy atom. The fraction of sp³-hybridized carbons (Fsp3) is 0.250. The van der Waals surface area contributed by atoms with Crippen LogP contribution in [0, 0.1) is 15.2 Å². The highest BCUT2D eigenvalue weighted by molar-refractivity contribution is 14.1. The average Bonchev–Trinajstić information content (AvgIpc) is 2.21. The first kappa shape index (κ1) is 14.1. The van der Waals surface area contributed by atoms with Crippen molar-refractivity contribution < 1.29 is 13.6 Å². The van der Waals surface area contributed by atoms with Crippen molar-refractivity contribution in [1.29, 1.82) is 0 Å². The highest BCUT2D eigenvalue weighted by Crippen LogP contribution is 2.19. The number of nitrogens with zero attached hydrogens (tertiary/aromatic N) is 1. The number of hydrogen-bond acceptors (Lipinski definition) is 2. The van der Waals surface area contributed by atoms with Crippen molar-refractivity contribution in [2.45, 2.75) is 6.92 Å². The Hall–Kier alpha value is -0.980. The molecule has 0 aliphatic heterocycles. The Morgan fingerprint density at radius 2 is 1.94 bits per heavy atom. The van der Waals surface area contributed by atoms with Gasteiger partial charge in [0.15, 0.2) is 17.4 Å². The summed E-state index contributed by atoms with van der Waals surface area (Å²) in [5.41, 5.74) is 0.125. The molecule has 0 saturated carbocycles. The zero-order valence-corrected chi connectivity index (χ0v) is 11.9. The normalized spacial score (nSPS) is 11.5. The summed E-state index contributed by atoms with van der Waals surface area (Å²) < 4.78 is 27.1. The van der Waals surface area contributed by atoms with Gasteiger partial charge in [0.2, 0.25) is 0 Å². The maximum absolute atomic E-state index is 13.5. The van der Waals surface area contributed by atoms with Gasteiger partial charge in [0.1, 0.15) is 0 Å². The predicted molar refractivity (Wildman–Crippen MR) is 70.8 cm³/mol. The molecular weight excluding hydrogens is 339 g/mol. The van der Waals surface area contributed by atoms with Crippen molar-refractivity contribution in [2.24, 2.45) is 0 Å². The standard InChI is InChI=1S/C12H12F2INO/c1-7(6-16(2)3)12(17)9-4-8(15)5-10(13)11(9)14/h4-6H,1-3H3. The second-order valence-electron chi connectivity index (χ2n) is 3.85. The largest absolute Gasteiger partial charge is 0.383 e. The lowest BCUT2D eigenvalue weighted by molar-refractivity contribution is 0.102. The molecule has 0 spiro atoms. The van der Waals surface area contributed by atoms with Crippen LogP contribution in [0.15, 0.2) is 23.9 Å². The fourth-order valence-corrected chi connectivity index (χ4v) is 1.96. The first-order chi connectivity index (χ1) is 7.82. The van der Waals surface area contributed by atoms with Gasteiger partial charge in [-0.1, -0.05) is 0 Å². The molecule has 0 unspecified atom stereocenters. The van der Waals surface area contributed by atoms with Crippen LogP contribution in [0.5, 0.6) is 0 Å². The van der Waals surface area contributed by atoms with Gasteiger partial charge in [0.05, 0.1) is 5.56 Å². The predicted octanol–water partition coefficient (Wildman–Crippen LogP) is 3.22. The lowest BCUT2D eigenvalue weighted by Crippen LogP contribution is -2.10. The van der Waals surface area contributed by atoms with Gasteiger partial charge >= 0.3 is 0 Å². The molecule has 2 nitrogen and oxygen atoms in total. The zero-order chi connectivity index (χ0) is 13.2. The number of Topliss-reactive ketones (excluding diaryl/α,β-unsaturated/α-hetero) is 1. The molecule has 0 bridgehead atoms. The lowest BCUT2D eigenvalue weighted by Gasteiger charge is -2.09. The van der Waals surface area contributed by atoms with Crippen molar-refractivity contribution in [2.75, 3.05) is 14.1 Å². The monoisotopic (exact) mass is 351 g/mol. The van der Waals surface area contributed by atoms with Gasteiger partial charge in [-0.05, 0) is 41.6 Å². The minimum Gasteiger partial charge on any atom is -0.383 e. The number of carbonyl (C=O) groups excluding carboxylic acids is 1. The molecule has 0 heterocycles. The van der Waals surface area contributed by atoms with Crippen molar-refractivity contribution in [3.05, 3.63) is 44.7 Å². The smallest absolute Gasteiger partial charge is 0.193 e. The van der Waals surface area contributed by atoms with Crippen LogP contribution in [0.25, 0.3) is 0 Å². The number of rotatable bonds is 3. The summed E-state index contributed by atoms with van der Waals surface area (Å²) in [7, 11) is 3.50. The summed E-state index contributed by atoms with van der Waals surface area (Å²) in [5.74, 6) is -2.60. The van der Waals surface area contributed by atoms with Crippen LogP contribution in [-0.4, -0.2) is 24.8 Å². The van der Waals surface area contributed by atoms with Crippen LogP contribution >= 0.6 is 22.6 Å². The number of benzene rings is 1. The van der Waals surface area contributed by atoms with Gasteiger partial charge in [-0.2, -0.15) is 0 Å². The topological polar surface area (TPSA) is 20.3 Å². The Kier molecular flexibility index (Phi) is 4.62. The number of halogens is 3. The Bertz CT molecular complexity index is 484. The molecule has 0 N–H and O–H groups in total. The quantitative estimate of drug-likeness (QED) is 0.361. The summed E-state index contributed by atoms with van der Waals surface area (Å²) in [6.45, 7) is 1.57. The van der Waals surface area contributed by atoms with Crippen molar-refractivity contribution in [3.63, 3.8) is 0 Å². The molecule has 92 valence electrons. The molecule has 0 aliphatic carbocycles.